The van der Waals surface area contributed by atoms with Crippen molar-refractivity contribution in [1.82, 2.24) is 10.6 Å². The molecule has 2 bridgehead atoms. The number of nitrogens with zero attached hydrogens (tertiary/aromatic N) is 1. The molecular formula is C27H29Cl2N3O2. The minimum absolute atomic E-state index is 0.0463. The Bertz CT molecular complexity index is 1110. The summed E-state index contributed by atoms with van der Waals surface area (Å²) in [7, 11) is 0. The molecule has 0 radical (unpaired) electrons. The van der Waals surface area contributed by atoms with Gasteiger partial charge in [-0.15, -0.1) is 0 Å². The highest BCUT2D eigenvalue weighted by Gasteiger charge is 2.52. The Morgan fingerprint density at radius 2 is 1.53 bits per heavy atom. The van der Waals surface area contributed by atoms with E-state index in [2.05, 4.69) is 15.5 Å². The van der Waals surface area contributed by atoms with Crippen molar-refractivity contribution in [2.45, 2.75) is 80.9 Å². The topological polar surface area (TPSA) is 61.4 Å². The third-order valence-electron chi connectivity index (χ3n) is 8.05. The fraction of sp³-hybridized carbons (Fsp3) is 0.481. The molecule has 0 spiro atoms. The van der Waals surface area contributed by atoms with Gasteiger partial charge in [0.05, 0.1) is 16.1 Å². The lowest BCUT2D eigenvalue weighted by molar-refractivity contribution is -0.124. The fourth-order valence-electron chi connectivity index (χ4n) is 5.91. The number of carbonyl (C=O) groups excluding carboxylic acids is 2. The lowest BCUT2D eigenvalue weighted by Crippen LogP contribution is -2.52. The second-order valence-electron chi connectivity index (χ2n) is 10.4. The van der Waals surface area contributed by atoms with Crippen LogP contribution in [0, 0.1) is 0 Å². The van der Waals surface area contributed by atoms with Crippen molar-refractivity contribution >= 4 is 40.7 Å². The van der Waals surface area contributed by atoms with E-state index < -0.39 is 0 Å². The van der Waals surface area contributed by atoms with E-state index in [0.717, 1.165) is 62.6 Å². The van der Waals surface area contributed by atoms with Crippen LogP contribution in [-0.4, -0.2) is 36.0 Å². The average molecular weight is 498 g/mol. The van der Waals surface area contributed by atoms with Gasteiger partial charge in [0.15, 0.2) is 0 Å². The Labute approximate surface area is 210 Å². The van der Waals surface area contributed by atoms with Gasteiger partial charge in [-0.05, 0) is 87.3 Å². The molecule has 178 valence electrons. The summed E-state index contributed by atoms with van der Waals surface area (Å²) in [4.78, 5) is 28.1. The predicted octanol–water partition coefficient (Wildman–Crippen LogP) is 5.23. The van der Waals surface area contributed by atoms with Crippen LogP contribution in [0.3, 0.4) is 0 Å². The zero-order valence-electron chi connectivity index (χ0n) is 19.0. The lowest BCUT2D eigenvalue weighted by Gasteiger charge is -2.41. The minimum Gasteiger partial charge on any atom is -0.364 e. The summed E-state index contributed by atoms with van der Waals surface area (Å²) < 4.78 is 0. The molecule has 2 aromatic rings. The van der Waals surface area contributed by atoms with Gasteiger partial charge in [0, 0.05) is 34.8 Å². The van der Waals surface area contributed by atoms with E-state index in [4.69, 9.17) is 23.2 Å². The minimum atomic E-state index is -0.388. The summed E-state index contributed by atoms with van der Waals surface area (Å²) in [5, 5.41) is 7.73. The molecule has 2 aliphatic carbocycles. The Balaban J connectivity index is 1.13. The van der Waals surface area contributed by atoms with Crippen LogP contribution in [-0.2, 0) is 10.2 Å². The first-order chi connectivity index (χ1) is 16.4. The SMILES string of the molecule is O=C(NC1CC1)c1ccc(N2C3CCC2CC(NC(=O)C2(c4ccc(Cl)cc4)CC2)C3)c(Cl)c1. The van der Waals surface area contributed by atoms with Crippen molar-refractivity contribution in [3.05, 3.63) is 63.6 Å². The van der Waals surface area contributed by atoms with Gasteiger partial charge in [-0.1, -0.05) is 35.3 Å². The second kappa shape index (κ2) is 8.46. The molecule has 4 fully saturated rings. The van der Waals surface area contributed by atoms with Crippen LogP contribution >= 0.6 is 23.2 Å². The number of carbonyl (C=O) groups is 2. The van der Waals surface area contributed by atoms with Gasteiger partial charge >= 0.3 is 0 Å². The zero-order chi connectivity index (χ0) is 23.4. The molecule has 5 nitrogen and oxygen atoms in total. The molecule has 7 heteroatoms. The smallest absolute Gasteiger partial charge is 0.251 e. The number of amides is 2. The molecule has 2 unspecified atom stereocenters. The number of anilines is 1. The number of rotatable bonds is 6. The fourth-order valence-corrected chi connectivity index (χ4v) is 6.31. The van der Waals surface area contributed by atoms with Gasteiger partial charge in [0.1, 0.15) is 0 Å². The van der Waals surface area contributed by atoms with Crippen molar-refractivity contribution in [1.29, 1.82) is 0 Å². The van der Waals surface area contributed by atoms with Gasteiger partial charge in [-0.3, -0.25) is 9.59 Å². The molecule has 4 aliphatic rings. The van der Waals surface area contributed by atoms with Gasteiger partial charge in [-0.25, -0.2) is 0 Å². The first-order valence-electron chi connectivity index (χ1n) is 12.4. The summed E-state index contributed by atoms with van der Waals surface area (Å²) in [6, 6.07) is 14.6. The van der Waals surface area contributed by atoms with E-state index in [0.29, 0.717) is 33.7 Å². The van der Waals surface area contributed by atoms with Crippen LogP contribution in [0.5, 0.6) is 0 Å². The third kappa shape index (κ3) is 4.07. The molecule has 0 aromatic heterocycles. The number of hydrogen-bond acceptors (Lipinski definition) is 3. The number of nitrogens with one attached hydrogen (secondary N) is 2. The van der Waals surface area contributed by atoms with E-state index in [9.17, 15) is 9.59 Å². The molecule has 2 N–H and O–H groups in total. The number of fused-ring (bicyclic) bond motifs is 2. The number of halogens is 2. The molecule has 2 aliphatic heterocycles. The maximum Gasteiger partial charge on any atom is 0.251 e. The van der Waals surface area contributed by atoms with Crippen molar-refractivity contribution < 1.29 is 9.59 Å². The lowest BCUT2D eigenvalue weighted by atomic mass is 9.92. The van der Waals surface area contributed by atoms with Crippen LogP contribution in [0.1, 0.15) is 67.3 Å². The summed E-state index contributed by atoms with van der Waals surface area (Å²) in [6.07, 6.45) is 7.93. The standard InChI is InChI=1S/C27H29Cl2N3O2/c28-18-4-2-17(3-5-18)27(11-12-27)26(34)31-20-14-21-8-9-22(15-20)32(21)24-10-1-16(13-23(24)29)25(33)30-19-6-7-19/h1-5,10,13,19-22H,6-9,11-12,14-15H2,(H,30,33)(H,31,34). The molecule has 2 amide bonds. The van der Waals surface area contributed by atoms with Crippen LogP contribution in [0.4, 0.5) is 5.69 Å². The molecule has 6 rings (SSSR count). The molecule has 2 saturated heterocycles. The highest BCUT2D eigenvalue weighted by molar-refractivity contribution is 6.33. The van der Waals surface area contributed by atoms with E-state index in [1.165, 1.54) is 0 Å². The predicted molar refractivity (Wildman–Crippen MR) is 135 cm³/mol. The highest BCUT2D eigenvalue weighted by atomic mass is 35.5. The van der Waals surface area contributed by atoms with Gasteiger partial charge in [-0.2, -0.15) is 0 Å². The molecule has 2 saturated carbocycles. The quantitative estimate of drug-likeness (QED) is 0.573. The monoisotopic (exact) mass is 497 g/mol. The summed E-state index contributed by atoms with van der Waals surface area (Å²) in [5.74, 6) is 0.103. The van der Waals surface area contributed by atoms with Crippen molar-refractivity contribution in [2.24, 2.45) is 0 Å². The van der Waals surface area contributed by atoms with Crippen molar-refractivity contribution in [3.63, 3.8) is 0 Å². The highest BCUT2D eigenvalue weighted by Crippen LogP contribution is 2.49. The van der Waals surface area contributed by atoms with Gasteiger partial charge in [0.2, 0.25) is 5.91 Å². The van der Waals surface area contributed by atoms with Gasteiger partial charge in [0.25, 0.3) is 5.91 Å². The third-order valence-corrected chi connectivity index (χ3v) is 8.61. The Kier molecular flexibility index (Phi) is 5.53. The largest absolute Gasteiger partial charge is 0.364 e. The van der Waals surface area contributed by atoms with Crippen LogP contribution in [0.25, 0.3) is 0 Å². The maximum atomic E-state index is 13.3. The summed E-state index contributed by atoms with van der Waals surface area (Å²) in [6.45, 7) is 0. The molecular weight excluding hydrogens is 469 g/mol. The van der Waals surface area contributed by atoms with E-state index >= 15 is 0 Å². The van der Waals surface area contributed by atoms with Crippen LogP contribution in [0.15, 0.2) is 42.5 Å². The van der Waals surface area contributed by atoms with Crippen molar-refractivity contribution in [3.8, 4) is 0 Å². The van der Waals surface area contributed by atoms with Gasteiger partial charge < -0.3 is 15.5 Å². The second-order valence-corrected chi connectivity index (χ2v) is 11.3. The summed E-state index contributed by atoms with van der Waals surface area (Å²) in [5.41, 5.74) is 2.29. The average Bonchev–Trinajstić information content (AvgIpc) is 3.73. The molecule has 2 atom stereocenters. The number of hydrogen-bond donors (Lipinski definition) is 2. The Morgan fingerprint density at radius 3 is 2.12 bits per heavy atom. The molecule has 2 heterocycles. The zero-order valence-corrected chi connectivity index (χ0v) is 20.5. The number of piperidine rings is 1. The summed E-state index contributed by atoms with van der Waals surface area (Å²) >= 11 is 12.7. The van der Waals surface area contributed by atoms with E-state index in [1.807, 2.05) is 36.4 Å². The van der Waals surface area contributed by atoms with Crippen molar-refractivity contribution in [2.75, 3.05) is 4.90 Å². The Morgan fingerprint density at radius 1 is 0.853 bits per heavy atom. The van der Waals surface area contributed by atoms with E-state index in [-0.39, 0.29) is 23.3 Å². The van der Waals surface area contributed by atoms with Crippen LogP contribution in [0.2, 0.25) is 10.0 Å². The molecule has 34 heavy (non-hydrogen) atoms. The Hall–Kier alpha value is -2.24. The van der Waals surface area contributed by atoms with Crippen LogP contribution < -0.4 is 15.5 Å². The number of benzene rings is 2. The molecule has 2 aromatic carbocycles. The van der Waals surface area contributed by atoms with E-state index in [1.54, 1.807) is 6.07 Å². The normalized spacial score (nSPS) is 26.8. The first kappa shape index (κ1) is 22.2. The first-order valence-corrected chi connectivity index (χ1v) is 13.1. The maximum absolute atomic E-state index is 13.3.